The highest BCUT2D eigenvalue weighted by molar-refractivity contribution is 6.09. The van der Waals surface area contributed by atoms with Crippen molar-refractivity contribution in [2.75, 3.05) is 4.90 Å². The van der Waals surface area contributed by atoms with Crippen molar-refractivity contribution in [1.29, 1.82) is 0 Å². The van der Waals surface area contributed by atoms with Gasteiger partial charge >= 0.3 is 0 Å². The van der Waals surface area contributed by atoms with Crippen molar-refractivity contribution in [3.63, 3.8) is 0 Å². The third kappa shape index (κ3) is 1.43. The molecule has 2 aromatic carbocycles. The molecule has 1 aliphatic heterocycles. The van der Waals surface area contributed by atoms with E-state index in [0.29, 0.717) is 16.9 Å². The zero-order valence-electron chi connectivity index (χ0n) is 9.01. The van der Waals surface area contributed by atoms with Gasteiger partial charge in [-0.1, -0.05) is 36.4 Å². The van der Waals surface area contributed by atoms with Gasteiger partial charge in [0.05, 0.1) is 5.69 Å². The predicted molar refractivity (Wildman–Crippen MR) is 63.9 cm³/mol. The maximum absolute atomic E-state index is 13.9. The van der Waals surface area contributed by atoms with Gasteiger partial charge in [-0.05, 0) is 18.2 Å². The van der Waals surface area contributed by atoms with Gasteiger partial charge in [0.1, 0.15) is 0 Å². The van der Waals surface area contributed by atoms with Crippen LogP contribution in [-0.4, -0.2) is 5.91 Å². The van der Waals surface area contributed by atoms with E-state index in [0.717, 1.165) is 0 Å². The van der Waals surface area contributed by atoms with Gasteiger partial charge in [0.2, 0.25) is 6.17 Å². The average Bonchev–Trinajstić information content (AvgIpc) is 2.64. The molecule has 3 heteroatoms. The lowest BCUT2D eigenvalue weighted by Gasteiger charge is -2.16. The SMILES string of the molecule is O=C1C(F)c2ccccc2N1c1ccccc1. The van der Waals surface area contributed by atoms with Crippen molar-refractivity contribution in [1.82, 2.24) is 0 Å². The van der Waals surface area contributed by atoms with E-state index in [1.165, 1.54) is 4.90 Å². The number of alkyl halides is 1. The van der Waals surface area contributed by atoms with Gasteiger partial charge in [-0.15, -0.1) is 0 Å². The van der Waals surface area contributed by atoms with E-state index in [9.17, 15) is 9.18 Å². The molecule has 1 aliphatic rings. The van der Waals surface area contributed by atoms with Crippen molar-refractivity contribution in [2.45, 2.75) is 6.17 Å². The minimum atomic E-state index is -1.55. The Kier molecular flexibility index (Phi) is 2.18. The summed E-state index contributed by atoms with van der Waals surface area (Å²) in [7, 11) is 0. The second-order valence-electron chi connectivity index (χ2n) is 3.93. The first-order valence-corrected chi connectivity index (χ1v) is 5.41. The fourth-order valence-electron chi connectivity index (χ4n) is 2.11. The van der Waals surface area contributed by atoms with Crippen LogP contribution in [0.2, 0.25) is 0 Å². The fraction of sp³-hybridized carbons (Fsp3) is 0.0714. The highest BCUT2D eigenvalue weighted by Gasteiger charge is 2.37. The van der Waals surface area contributed by atoms with Gasteiger partial charge in [0.25, 0.3) is 5.91 Å². The first-order valence-electron chi connectivity index (χ1n) is 5.41. The molecule has 0 N–H and O–H groups in total. The summed E-state index contributed by atoms with van der Waals surface area (Å²) in [6.07, 6.45) is -1.55. The summed E-state index contributed by atoms with van der Waals surface area (Å²) in [5.41, 5.74) is 1.78. The van der Waals surface area contributed by atoms with Crippen LogP contribution in [0.1, 0.15) is 11.7 Å². The Hall–Kier alpha value is -2.16. The van der Waals surface area contributed by atoms with Gasteiger partial charge in [0, 0.05) is 11.3 Å². The van der Waals surface area contributed by atoms with Crippen LogP contribution in [0.15, 0.2) is 54.6 Å². The number of halogens is 1. The Morgan fingerprint density at radius 2 is 1.59 bits per heavy atom. The van der Waals surface area contributed by atoms with Crippen LogP contribution in [0.4, 0.5) is 15.8 Å². The number of anilines is 2. The number of para-hydroxylation sites is 2. The van der Waals surface area contributed by atoms with Gasteiger partial charge in [0.15, 0.2) is 0 Å². The topological polar surface area (TPSA) is 20.3 Å². The molecule has 1 heterocycles. The molecule has 0 radical (unpaired) electrons. The molecule has 0 saturated heterocycles. The number of hydrogen-bond acceptors (Lipinski definition) is 1. The zero-order chi connectivity index (χ0) is 11.8. The lowest BCUT2D eigenvalue weighted by atomic mass is 10.1. The van der Waals surface area contributed by atoms with Crippen LogP contribution in [0.3, 0.4) is 0 Å². The molecule has 0 saturated carbocycles. The summed E-state index contributed by atoms with van der Waals surface area (Å²) >= 11 is 0. The lowest BCUT2D eigenvalue weighted by molar-refractivity contribution is -0.121. The number of fused-ring (bicyclic) bond motifs is 1. The average molecular weight is 227 g/mol. The molecule has 0 spiro atoms. The van der Waals surface area contributed by atoms with Crippen LogP contribution in [0.5, 0.6) is 0 Å². The van der Waals surface area contributed by atoms with Gasteiger partial charge in [-0.3, -0.25) is 9.69 Å². The number of amides is 1. The number of carbonyl (C=O) groups excluding carboxylic acids is 1. The smallest absolute Gasteiger partial charge is 0.270 e. The van der Waals surface area contributed by atoms with Gasteiger partial charge in [-0.2, -0.15) is 0 Å². The molecule has 0 aliphatic carbocycles. The molecule has 0 fully saturated rings. The van der Waals surface area contributed by atoms with Crippen molar-refractivity contribution >= 4 is 17.3 Å². The molecule has 1 amide bonds. The highest BCUT2D eigenvalue weighted by atomic mass is 19.1. The second kappa shape index (κ2) is 3.70. The molecule has 1 atom stereocenters. The number of benzene rings is 2. The van der Waals surface area contributed by atoms with Crippen LogP contribution >= 0.6 is 0 Å². The summed E-state index contributed by atoms with van der Waals surface area (Å²) in [5, 5.41) is 0. The Balaban J connectivity index is 2.16. The largest absolute Gasteiger partial charge is 0.278 e. The lowest BCUT2D eigenvalue weighted by Crippen LogP contribution is -2.22. The molecule has 2 aromatic rings. The molecule has 0 bridgehead atoms. The summed E-state index contributed by atoms with van der Waals surface area (Å²) < 4.78 is 13.9. The summed E-state index contributed by atoms with van der Waals surface area (Å²) in [5.74, 6) is -0.516. The Morgan fingerprint density at radius 3 is 2.35 bits per heavy atom. The number of nitrogens with zero attached hydrogens (tertiary/aromatic N) is 1. The van der Waals surface area contributed by atoms with E-state index >= 15 is 0 Å². The predicted octanol–water partition coefficient (Wildman–Crippen LogP) is 3.38. The third-order valence-corrected chi connectivity index (χ3v) is 2.90. The van der Waals surface area contributed by atoms with E-state index in [1.807, 2.05) is 18.2 Å². The first kappa shape index (κ1) is 10.0. The Labute approximate surface area is 98.3 Å². The molecule has 1 unspecified atom stereocenters. The van der Waals surface area contributed by atoms with Crippen LogP contribution in [-0.2, 0) is 4.79 Å². The molecule has 0 aromatic heterocycles. The highest BCUT2D eigenvalue weighted by Crippen LogP contribution is 2.42. The van der Waals surface area contributed by atoms with E-state index in [2.05, 4.69) is 0 Å². The summed E-state index contributed by atoms with van der Waals surface area (Å²) in [6.45, 7) is 0. The summed E-state index contributed by atoms with van der Waals surface area (Å²) in [6, 6.07) is 16.1. The van der Waals surface area contributed by atoms with E-state index in [-0.39, 0.29) is 0 Å². The second-order valence-corrected chi connectivity index (χ2v) is 3.93. The zero-order valence-corrected chi connectivity index (χ0v) is 9.01. The van der Waals surface area contributed by atoms with E-state index < -0.39 is 12.1 Å². The minimum absolute atomic E-state index is 0.446. The molecular formula is C14H10FNO. The van der Waals surface area contributed by atoms with Crippen molar-refractivity contribution in [2.24, 2.45) is 0 Å². The van der Waals surface area contributed by atoms with E-state index in [4.69, 9.17) is 0 Å². The minimum Gasteiger partial charge on any atom is -0.278 e. The van der Waals surface area contributed by atoms with Crippen molar-refractivity contribution in [3.8, 4) is 0 Å². The van der Waals surface area contributed by atoms with Gasteiger partial charge < -0.3 is 0 Å². The van der Waals surface area contributed by atoms with Crippen LogP contribution in [0.25, 0.3) is 0 Å². The van der Waals surface area contributed by atoms with Crippen molar-refractivity contribution in [3.05, 3.63) is 60.2 Å². The third-order valence-electron chi connectivity index (χ3n) is 2.90. The molecule has 2 nitrogen and oxygen atoms in total. The standard InChI is InChI=1S/C14H10FNO/c15-13-11-8-4-5-9-12(11)16(14(13)17)10-6-2-1-3-7-10/h1-9,13H. The number of rotatable bonds is 1. The van der Waals surface area contributed by atoms with Crippen LogP contribution < -0.4 is 4.90 Å². The molecular weight excluding hydrogens is 217 g/mol. The maximum Gasteiger partial charge on any atom is 0.270 e. The monoisotopic (exact) mass is 227 g/mol. The van der Waals surface area contributed by atoms with Gasteiger partial charge in [-0.25, -0.2) is 4.39 Å². The molecule has 3 rings (SSSR count). The maximum atomic E-state index is 13.9. The van der Waals surface area contributed by atoms with Crippen LogP contribution in [0, 0.1) is 0 Å². The number of hydrogen-bond donors (Lipinski definition) is 0. The first-order chi connectivity index (χ1) is 8.29. The van der Waals surface area contributed by atoms with E-state index in [1.54, 1.807) is 36.4 Å². The Bertz CT molecular complexity index is 567. The quantitative estimate of drug-likeness (QED) is 0.731. The Morgan fingerprint density at radius 1 is 0.941 bits per heavy atom. The summed E-state index contributed by atoms with van der Waals surface area (Å²) in [4.78, 5) is 13.3. The fourth-order valence-corrected chi connectivity index (χ4v) is 2.11. The van der Waals surface area contributed by atoms with Crippen molar-refractivity contribution < 1.29 is 9.18 Å². The number of carbonyl (C=O) groups is 1. The normalized spacial score (nSPS) is 18.3. The molecule has 17 heavy (non-hydrogen) atoms. The molecule has 84 valence electrons.